The SMILES string of the molecule is CN(c1ccccc1F)c1cc(Br)ccc1C(=N)N. The zero-order chi connectivity index (χ0) is 14.0. The van der Waals surface area contributed by atoms with Crippen molar-refractivity contribution in [3.8, 4) is 0 Å². The molecule has 0 amide bonds. The summed E-state index contributed by atoms with van der Waals surface area (Å²) in [4.78, 5) is 1.68. The number of hydrogen-bond acceptors (Lipinski definition) is 2. The van der Waals surface area contributed by atoms with Crippen molar-refractivity contribution in [3.05, 3.63) is 58.3 Å². The molecule has 0 fully saturated rings. The van der Waals surface area contributed by atoms with Crippen LogP contribution in [0.2, 0.25) is 0 Å². The van der Waals surface area contributed by atoms with Crippen molar-refractivity contribution >= 4 is 33.1 Å². The van der Waals surface area contributed by atoms with E-state index in [1.54, 1.807) is 42.3 Å². The first kappa shape index (κ1) is 13.5. The highest BCUT2D eigenvalue weighted by Gasteiger charge is 2.14. The maximum atomic E-state index is 13.8. The summed E-state index contributed by atoms with van der Waals surface area (Å²) in [5, 5.41) is 7.60. The van der Waals surface area contributed by atoms with Crippen molar-refractivity contribution in [1.82, 2.24) is 0 Å². The van der Waals surface area contributed by atoms with Crippen LogP contribution in [0.4, 0.5) is 15.8 Å². The molecule has 98 valence electrons. The lowest BCUT2D eigenvalue weighted by atomic mass is 10.1. The van der Waals surface area contributed by atoms with Gasteiger partial charge in [-0.05, 0) is 30.3 Å². The van der Waals surface area contributed by atoms with Crippen molar-refractivity contribution in [3.63, 3.8) is 0 Å². The second-order valence-electron chi connectivity index (χ2n) is 4.09. The molecule has 3 nitrogen and oxygen atoms in total. The Kier molecular flexibility index (Phi) is 3.85. The fourth-order valence-corrected chi connectivity index (χ4v) is 2.21. The second-order valence-corrected chi connectivity index (χ2v) is 5.00. The van der Waals surface area contributed by atoms with Crippen LogP contribution in [0.5, 0.6) is 0 Å². The summed E-state index contributed by atoms with van der Waals surface area (Å²) in [5.41, 5.74) is 7.24. The molecule has 0 saturated carbocycles. The van der Waals surface area contributed by atoms with Crippen LogP contribution in [-0.4, -0.2) is 12.9 Å². The minimum Gasteiger partial charge on any atom is -0.384 e. The van der Waals surface area contributed by atoms with Gasteiger partial charge in [0.15, 0.2) is 0 Å². The first-order valence-corrected chi connectivity index (χ1v) is 6.42. The number of nitrogens with zero attached hydrogens (tertiary/aromatic N) is 1. The number of benzene rings is 2. The molecule has 2 rings (SSSR count). The van der Waals surface area contributed by atoms with Gasteiger partial charge in [0, 0.05) is 17.1 Å². The molecule has 0 aromatic heterocycles. The van der Waals surface area contributed by atoms with Crippen molar-refractivity contribution in [1.29, 1.82) is 5.41 Å². The molecule has 0 spiro atoms. The van der Waals surface area contributed by atoms with Crippen LogP contribution in [0.15, 0.2) is 46.9 Å². The van der Waals surface area contributed by atoms with E-state index < -0.39 is 0 Å². The summed E-state index contributed by atoms with van der Waals surface area (Å²) in [5.74, 6) is -0.370. The molecule has 19 heavy (non-hydrogen) atoms. The smallest absolute Gasteiger partial charge is 0.146 e. The molecule has 3 N–H and O–H groups in total. The van der Waals surface area contributed by atoms with Gasteiger partial charge in [-0.15, -0.1) is 0 Å². The van der Waals surface area contributed by atoms with Gasteiger partial charge in [0.2, 0.25) is 0 Å². The van der Waals surface area contributed by atoms with Gasteiger partial charge in [-0.2, -0.15) is 0 Å². The lowest BCUT2D eigenvalue weighted by Crippen LogP contribution is -2.19. The van der Waals surface area contributed by atoms with E-state index in [9.17, 15) is 4.39 Å². The van der Waals surface area contributed by atoms with Gasteiger partial charge in [-0.1, -0.05) is 28.1 Å². The Morgan fingerprint density at radius 3 is 2.53 bits per heavy atom. The van der Waals surface area contributed by atoms with Crippen molar-refractivity contribution < 1.29 is 4.39 Å². The van der Waals surface area contributed by atoms with Crippen molar-refractivity contribution in [2.75, 3.05) is 11.9 Å². The highest BCUT2D eigenvalue weighted by molar-refractivity contribution is 9.10. The number of rotatable bonds is 3. The largest absolute Gasteiger partial charge is 0.384 e. The Balaban J connectivity index is 2.55. The maximum absolute atomic E-state index is 13.8. The highest BCUT2D eigenvalue weighted by atomic mass is 79.9. The van der Waals surface area contributed by atoms with Gasteiger partial charge in [-0.3, -0.25) is 5.41 Å². The van der Waals surface area contributed by atoms with E-state index in [4.69, 9.17) is 11.1 Å². The number of para-hydroxylation sites is 1. The average Bonchev–Trinajstić information content (AvgIpc) is 2.38. The lowest BCUT2D eigenvalue weighted by Gasteiger charge is -2.23. The third kappa shape index (κ3) is 2.76. The highest BCUT2D eigenvalue weighted by Crippen LogP contribution is 2.31. The van der Waals surface area contributed by atoms with E-state index >= 15 is 0 Å². The van der Waals surface area contributed by atoms with Crippen LogP contribution in [0.3, 0.4) is 0 Å². The number of hydrogen-bond donors (Lipinski definition) is 2. The summed E-state index contributed by atoms with van der Waals surface area (Å²) in [6.45, 7) is 0. The van der Waals surface area contributed by atoms with Gasteiger partial charge in [0.1, 0.15) is 11.7 Å². The van der Waals surface area contributed by atoms with Crippen molar-refractivity contribution in [2.45, 2.75) is 0 Å². The Bertz CT molecular complexity index is 628. The predicted octanol–water partition coefficient (Wildman–Crippen LogP) is 3.64. The van der Waals surface area contributed by atoms with E-state index in [0.717, 1.165) is 4.47 Å². The van der Waals surface area contributed by atoms with Crippen LogP contribution < -0.4 is 10.6 Å². The Morgan fingerprint density at radius 2 is 1.89 bits per heavy atom. The van der Waals surface area contributed by atoms with Gasteiger partial charge in [-0.25, -0.2) is 4.39 Å². The number of nitrogens with two attached hydrogens (primary N) is 1. The minimum atomic E-state index is -0.320. The fraction of sp³-hybridized carbons (Fsp3) is 0.0714. The van der Waals surface area contributed by atoms with Gasteiger partial charge in [0.05, 0.1) is 11.4 Å². The topological polar surface area (TPSA) is 53.1 Å². The minimum absolute atomic E-state index is 0.0503. The summed E-state index contributed by atoms with van der Waals surface area (Å²) in [6, 6.07) is 11.8. The summed E-state index contributed by atoms with van der Waals surface area (Å²) in [6.07, 6.45) is 0. The molecule has 0 heterocycles. The van der Waals surface area contributed by atoms with Gasteiger partial charge in [0.25, 0.3) is 0 Å². The van der Waals surface area contributed by atoms with Crippen LogP contribution >= 0.6 is 15.9 Å². The molecular formula is C14H13BrFN3. The first-order valence-electron chi connectivity index (χ1n) is 5.63. The normalized spacial score (nSPS) is 10.3. The summed E-state index contributed by atoms with van der Waals surface area (Å²) >= 11 is 3.37. The monoisotopic (exact) mass is 321 g/mol. The molecule has 0 aliphatic heterocycles. The second kappa shape index (κ2) is 5.40. The molecule has 0 aliphatic rings. The third-order valence-corrected chi connectivity index (χ3v) is 3.32. The number of amidine groups is 1. The van der Waals surface area contributed by atoms with Crippen molar-refractivity contribution in [2.24, 2.45) is 5.73 Å². The number of nitrogens with one attached hydrogen (secondary N) is 1. The van der Waals surface area contributed by atoms with Crippen LogP contribution in [-0.2, 0) is 0 Å². The molecule has 2 aromatic carbocycles. The van der Waals surface area contributed by atoms with E-state index in [-0.39, 0.29) is 11.7 Å². The molecule has 0 radical (unpaired) electrons. The molecule has 0 atom stereocenters. The van der Waals surface area contributed by atoms with Crippen LogP contribution in [0.1, 0.15) is 5.56 Å². The van der Waals surface area contributed by atoms with Gasteiger partial charge < -0.3 is 10.6 Å². The predicted molar refractivity (Wildman–Crippen MR) is 79.6 cm³/mol. The maximum Gasteiger partial charge on any atom is 0.146 e. The third-order valence-electron chi connectivity index (χ3n) is 2.83. The van der Waals surface area contributed by atoms with E-state index in [1.165, 1.54) is 6.07 Å². The summed E-state index contributed by atoms with van der Waals surface area (Å²) < 4.78 is 14.7. The molecule has 0 saturated heterocycles. The average molecular weight is 322 g/mol. The number of nitrogen functional groups attached to an aromatic ring is 1. The molecule has 2 aromatic rings. The lowest BCUT2D eigenvalue weighted by molar-refractivity contribution is 0.627. The molecule has 0 unspecified atom stereocenters. The van der Waals surface area contributed by atoms with Crippen LogP contribution in [0, 0.1) is 11.2 Å². The summed E-state index contributed by atoms with van der Waals surface area (Å²) in [7, 11) is 1.74. The fourth-order valence-electron chi connectivity index (χ4n) is 1.86. The quantitative estimate of drug-likeness (QED) is 0.669. The Morgan fingerprint density at radius 1 is 1.21 bits per heavy atom. The number of halogens is 2. The van der Waals surface area contributed by atoms with Crippen LogP contribution in [0.25, 0.3) is 0 Å². The molecule has 0 aliphatic carbocycles. The Labute approximate surface area is 119 Å². The molecular weight excluding hydrogens is 309 g/mol. The van der Waals surface area contributed by atoms with Gasteiger partial charge >= 0.3 is 0 Å². The zero-order valence-electron chi connectivity index (χ0n) is 10.3. The Hall–Kier alpha value is -1.88. The first-order chi connectivity index (χ1) is 9.00. The number of anilines is 2. The zero-order valence-corrected chi connectivity index (χ0v) is 11.9. The van der Waals surface area contributed by atoms with E-state index in [2.05, 4.69) is 15.9 Å². The van der Waals surface area contributed by atoms with E-state index in [0.29, 0.717) is 16.9 Å². The standard InChI is InChI=1S/C14H13BrFN3/c1-19(12-5-3-2-4-11(12)16)13-8-9(15)6-7-10(13)14(17)18/h2-8H,1H3,(H3,17,18). The molecule has 0 bridgehead atoms. The van der Waals surface area contributed by atoms with E-state index in [1.807, 2.05) is 6.07 Å². The molecule has 5 heteroatoms.